The third kappa shape index (κ3) is 4.08. The molecule has 0 aliphatic carbocycles. The molecular formula is C24H28N2O. The van der Waals surface area contributed by atoms with E-state index in [1.54, 1.807) is 0 Å². The average Bonchev–Trinajstić information content (AvgIpc) is 2.69. The minimum absolute atomic E-state index is 0.686. The molecule has 1 saturated heterocycles. The first-order chi connectivity index (χ1) is 13.2. The van der Waals surface area contributed by atoms with E-state index in [1.807, 2.05) is 13.0 Å². The van der Waals surface area contributed by atoms with E-state index in [9.17, 15) is 0 Å². The Labute approximate surface area is 162 Å². The molecule has 3 aromatic rings. The largest absolute Gasteiger partial charge is 0.494 e. The summed E-state index contributed by atoms with van der Waals surface area (Å²) in [7, 11) is 0. The summed E-state index contributed by atoms with van der Waals surface area (Å²) in [6.45, 7) is 7.01. The second-order valence-electron chi connectivity index (χ2n) is 7.51. The highest BCUT2D eigenvalue weighted by Gasteiger charge is 2.21. The van der Waals surface area contributed by atoms with Crippen LogP contribution >= 0.6 is 0 Å². The number of hydrogen-bond acceptors (Lipinski definition) is 3. The van der Waals surface area contributed by atoms with Gasteiger partial charge in [0.05, 0.1) is 12.1 Å². The van der Waals surface area contributed by atoms with Gasteiger partial charge in [-0.2, -0.15) is 0 Å². The maximum Gasteiger partial charge on any atom is 0.120 e. The normalized spacial score (nSPS) is 15.3. The molecule has 0 amide bonds. The van der Waals surface area contributed by atoms with Crippen LogP contribution in [0, 0.1) is 12.8 Å². The summed E-state index contributed by atoms with van der Waals surface area (Å²) in [5.41, 5.74) is 4.90. The quantitative estimate of drug-likeness (QED) is 0.609. The van der Waals surface area contributed by atoms with E-state index in [4.69, 9.17) is 9.72 Å². The number of hydrogen-bond donors (Lipinski definition) is 0. The van der Waals surface area contributed by atoms with E-state index >= 15 is 0 Å². The summed E-state index contributed by atoms with van der Waals surface area (Å²) in [4.78, 5) is 7.26. The summed E-state index contributed by atoms with van der Waals surface area (Å²) in [5.74, 6) is 1.70. The van der Waals surface area contributed by atoms with E-state index in [0.29, 0.717) is 6.61 Å². The Kier molecular flexibility index (Phi) is 5.28. The first-order valence-corrected chi connectivity index (χ1v) is 10.1. The second-order valence-corrected chi connectivity index (χ2v) is 7.51. The van der Waals surface area contributed by atoms with Crippen LogP contribution in [0.15, 0.2) is 54.6 Å². The molecule has 2 heterocycles. The molecule has 3 heteroatoms. The van der Waals surface area contributed by atoms with Gasteiger partial charge in [0.15, 0.2) is 0 Å². The summed E-state index contributed by atoms with van der Waals surface area (Å²) >= 11 is 0. The monoisotopic (exact) mass is 360 g/mol. The minimum Gasteiger partial charge on any atom is -0.494 e. The predicted molar refractivity (Wildman–Crippen MR) is 113 cm³/mol. The zero-order valence-electron chi connectivity index (χ0n) is 16.3. The van der Waals surface area contributed by atoms with Gasteiger partial charge in [-0.3, -0.25) is 4.98 Å². The number of nitrogens with zero attached hydrogens (tertiary/aromatic N) is 2. The lowest BCUT2D eigenvalue weighted by molar-refractivity contribution is 0.340. The Morgan fingerprint density at radius 3 is 2.56 bits per heavy atom. The summed E-state index contributed by atoms with van der Waals surface area (Å²) < 4.78 is 5.72. The van der Waals surface area contributed by atoms with Crippen molar-refractivity contribution in [2.75, 3.05) is 24.6 Å². The van der Waals surface area contributed by atoms with Gasteiger partial charge in [0.25, 0.3) is 0 Å². The lowest BCUT2D eigenvalue weighted by Gasteiger charge is -2.34. The van der Waals surface area contributed by atoms with Crippen molar-refractivity contribution in [3.63, 3.8) is 0 Å². The smallest absolute Gasteiger partial charge is 0.120 e. The van der Waals surface area contributed by atoms with Crippen LogP contribution in [0.5, 0.6) is 5.75 Å². The van der Waals surface area contributed by atoms with E-state index < -0.39 is 0 Å². The highest BCUT2D eigenvalue weighted by Crippen LogP contribution is 2.33. The Hall–Kier alpha value is -2.55. The number of rotatable bonds is 5. The summed E-state index contributed by atoms with van der Waals surface area (Å²) in [6, 6.07) is 19.4. The van der Waals surface area contributed by atoms with Gasteiger partial charge in [-0.25, -0.2) is 0 Å². The van der Waals surface area contributed by atoms with Crippen molar-refractivity contribution >= 4 is 16.6 Å². The number of pyridine rings is 1. The predicted octanol–water partition coefficient (Wildman–Crippen LogP) is 5.40. The fourth-order valence-electron chi connectivity index (χ4n) is 4.16. The van der Waals surface area contributed by atoms with Crippen LogP contribution in [-0.2, 0) is 6.42 Å². The molecular weight excluding hydrogens is 332 g/mol. The van der Waals surface area contributed by atoms with Crippen LogP contribution in [0.25, 0.3) is 10.9 Å². The molecule has 27 heavy (non-hydrogen) atoms. The van der Waals surface area contributed by atoms with E-state index in [1.165, 1.54) is 35.9 Å². The molecule has 2 aromatic carbocycles. The maximum atomic E-state index is 5.72. The number of anilines is 1. The molecule has 0 bridgehead atoms. The Morgan fingerprint density at radius 2 is 1.81 bits per heavy atom. The van der Waals surface area contributed by atoms with Crippen molar-refractivity contribution in [1.82, 2.24) is 4.98 Å². The molecule has 0 N–H and O–H groups in total. The van der Waals surface area contributed by atoms with Gasteiger partial charge in [0.1, 0.15) is 5.75 Å². The zero-order chi connectivity index (χ0) is 18.6. The van der Waals surface area contributed by atoms with Crippen molar-refractivity contribution in [3.8, 4) is 5.75 Å². The van der Waals surface area contributed by atoms with Gasteiger partial charge in [0, 0.05) is 29.9 Å². The molecule has 0 unspecified atom stereocenters. The van der Waals surface area contributed by atoms with E-state index in [-0.39, 0.29) is 0 Å². The third-order valence-electron chi connectivity index (χ3n) is 5.52. The number of benzene rings is 2. The van der Waals surface area contributed by atoms with Gasteiger partial charge in [-0.15, -0.1) is 0 Å². The van der Waals surface area contributed by atoms with Gasteiger partial charge in [-0.05, 0) is 68.9 Å². The fraction of sp³-hybridized carbons (Fsp3) is 0.375. The fourth-order valence-corrected chi connectivity index (χ4v) is 4.16. The first-order valence-electron chi connectivity index (χ1n) is 10.1. The standard InChI is InChI=1S/C24H28N2O/c1-3-27-21-9-10-23-22(17-21)24(15-18(2)25-23)26-13-11-20(12-14-26)16-19-7-5-4-6-8-19/h4-10,15,17,20H,3,11-14,16H2,1-2H3. The Morgan fingerprint density at radius 1 is 1.04 bits per heavy atom. The summed E-state index contributed by atoms with van der Waals surface area (Å²) in [6.07, 6.45) is 3.67. The van der Waals surface area contributed by atoms with Crippen LogP contribution in [0.4, 0.5) is 5.69 Å². The van der Waals surface area contributed by atoms with Gasteiger partial charge < -0.3 is 9.64 Å². The lowest BCUT2D eigenvalue weighted by atomic mass is 9.90. The van der Waals surface area contributed by atoms with Crippen molar-refractivity contribution < 1.29 is 4.74 Å². The Bertz CT molecular complexity index is 899. The lowest BCUT2D eigenvalue weighted by Crippen LogP contribution is -2.34. The molecule has 0 saturated carbocycles. The van der Waals surface area contributed by atoms with Crippen molar-refractivity contribution in [2.24, 2.45) is 5.92 Å². The number of ether oxygens (including phenoxy) is 1. The molecule has 1 aromatic heterocycles. The zero-order valence-corrected chi connectivity index (χ0v) is 16.3. The molecule has 4 rings (SSSR count). The molecule has 0 radical (unpaired) electrons. The van der Waals surface area contributed by atoms with E-state index in [2.05, 4.69) is 60.4 Å². The minimum atomic E-state index is 0.686. The molecule has 1 aliphatic rings. The van der Waals surface area contributed by atoms with Crippen LogP contribution in [0.2, 0.25) is 0 Å². The molecule has 3 nitrogen and oxygen atoms in total. The molecule has 0 atom stereocenters. The SMILES string of the molecule is CCOc1ccc2nc(C)cc(N3CCC(Cc4ccccc4)CC3)c2c1. The highest BCUT2D eigenvalue weighted by atomic mass is 16.5. The summed E-state index contributed by atoms with van der Waals surface area (Å²) in [5, 5.41) is 1.20. The van der Waals surface area contributed by atoms with Crippen molar-refractivity contribution in [1.29, 1.82) is 0 Å². The van der Waals surface area contributed by atoms with Gasteiger partial charge in [-0.1, -0.05) is 30.3 Å². The average molecular weight is 361 g/mol. The van der Waals surface area contributed by atoms with Crippen LogP contribution in [0.1, 0.15) is 31.0 Å². The maximum absolute atomic E-state index is 5.72. The number of aryl methyl sites for hydroxylation is 1. The molecule has 1 aliphatic heterocycles. The van der Waals surface area contributed by atoms with E-state index in [0.717, 1.165) is 36.0 Å². The van der Waals surface area contributed by atoms with Crippen molar-refractivity contribution in [2.45, 2.75) is 33.1 Å². The highest BCUT2D eigenvalue weighted by molar-refractivity contribution is 5.93. The van der Waals surface area contributed by atoms with Gasteiger partial charge >= 0.3 is 0 Å². The molecule has 0 spiro atoms. The molecule has 140 valence electrons. The topological polar surface area (TPSA) is 25.4 Å². The second kappa shape index (κ2) is 7.99. The third-order valence-corrected chi connectivity index (χ3v) is 5.52. The number of piperidine rings is 1. The number of aromatic nitrogens is 1. The van der Waals surface area contributed by atoms with Crippen LogP contribution in [0.3, 0.4) is 0 Å². The van der Waals surface area contributed by atoms with Gasteiger partial charge in [0.2, 0.25) is 0 Å². The van der Waals surface area contributed by atoms with Crippen LogP contribution < -0.4 is 9.64 Å². The number of fused-ring (bicyclic) bond motifs is 1. The Balaban J connectivity index is 1.53. The molecule has 1 fully saturated rings. The first kappa shape index (κ1) is 17.8. The van der Waals surface area contributed by atoms with Crippen LogP contribution in [-0.4, -0.2) is 24.7 Å². The van der Waals surface area contributed by atoms with Crippen molar-refractivity contribution in [3.05, 3.63) is 65.9 Å².